The van der Waals surface area contributed by atoms with E-state index in [9.17, 15) is 18.4 Å². The number of rotatable bonds is 9. The largest absolute Gasteiger partial charge is 0.490 e. The first kappa shape index (κ1) is 24.7. The van der Waals surface area contributed by atoms with Crippen molar-refractivity contribution in [2.24, 2.45) is 4.99 Å². The molecular weight excluding hydrogens is 450 g/mol. The van der Waals surface area contributed by atoms with Crippen LogP contribution in [-0.4, -0.2) is 56.1 Å². The second-order valence-electron chi connectivity index (χ2n) is 7.34. The first-order valence-corrected chi connectivity index (χ1v) is 10.4. The van der Waals surface area contributed by atoms with Crippen LogP contribution in [0.1, 0.15) is 25.0 Å². The van der Waals surface area contributed by atoms with Gasteiger partial charge in [-0.25, -0.2) is 9.79 Å². The molecule has 1 atom stereocenters. The number of likely N-dealkylation sites (N-methyl/N-ethyl adjacent to an activating group) is 1. The maximum atomic E-state index is 12.7. The first-order chi connectivity index (χ1) is 16.2. The highest BCUT2D eigenvalue weighted by Gasteiger charge is 2.27. The average molecular weight is 474 g/mol. The maximum absolute atomic E-state index is 12.7. The number of alkyl halides is 2. The molecule has 1 amide bonds. The summed E-state index contributed by atoms with van der Waals surface area (Å²) in [6.45, 7) is 0.737. The second kappa shape index (κ2) is 10.8. The van der Waals surface area contributed by atoms with Crippen LogP contribution in [0, 0.1) is 0 Å². The van der Waals surface area contributed by atoms with Gasteiger partial charge in [-0.2, -0.15) is 8.78 Å². The monoisotopic (exact) mass is 474 g/mol. The summed E-state index contributed by atoms with van der Waals surface area (Å²) >= 11 is 0. The van der Waals surface area contributed by atoms with Crippen molar-refractivity contribution in [1.82, 2.24) is 4.90 Å². The van der Waals surface area contributed by atoms with Crippen molar-refractivity contribution in [3.05, 3.63) is 59.3 Å². The minimum atomic E-state index is -3.04. The van der Waals surface area contributed by atoms with Crippen molar-refractivity contribution in [1.29, 1.82) is 0 Å². The van der Waals surface area contributed by atoms with Crippen LogP contribution in [-0.2, 0) is 14.3 Å². The average Bonchev–Trinajstić information content (AvgIpc) is 3.14. The van der Waals surface area contributed by atoms with E-state index in [1.165, 1.54) is 29.2 Å². The number of aliphatic imine (C=N–C) groups is 1. The molecule has 1 heterocycles. The maximum Gasteiger partial charge on any atom is 0.387 e. The van der Waals surface area contributed by atoms with E-state index >= 15 is 0 Å². The third kappa shape index (κ3) is 5.89. The van der Waals surface area contributed by atoms with E-state index in [1.54, 1.807) is 52.2 Å². The van der Waals surface area contributed by atoms with Crippen molar-refractivity contribution in [2.45, 2.75) is 26.6 Å². The second-order valence-corrected chi connectivity index (χ2v) is 7.34. The van der Waals surface area contributed by atoms with Crippen LogP contribution in [0.5, 0.6) is 17.2 Å². The first-order valence-electron chi connectivity index (χ1n) is 10.4. The fourth-order valence-corrected chi connectivity index (χ4v) is 3.11. The van der Waals surface area contributed by atoms with Crippen molar-refractivity contribution >= 4 is 23.9 Å². The molecule has 34 heavy (non-hydrogen) atoms. The molecule has 0 bridgehead atoms. The van der Waals surface area contributed by atoms with Crippen molar-refractivity contribution in [3.8, 4) is 17.2 Å². The van der Waals surface area contributed by atoms with Gasteiger partial charge < -0.3 is 23.8 Å². The van der Waals surface area contributed by atoms with Gasteiger partial charge in [-0.15, -0.1) is 0 Å². The van der Waals surface area contributed by atoms with Gasteiger partial charge in [0.1, 0.15) is 5.75 Å². The normalized spacial score (nSPS) is 15.1. The van der Waals surface area contributed by atoms with Gasteiger partial charge >= 0.3 is 12.6 Å². The lowest BCUT2D eigenvalue weighted by molar-refractivity contribution is -0.135. The Hall–Kier alpha value is -3.95. The van der Waals surface area contributed by atoms with Gasteiger partial charge in [0.2, 0.25) is 5.90 Å². The third-order valence-corrected chi connectivity index (χ3v) is 4.62. The molecule has 0 radical (unpaired) electrons. The number of carbonyl (C=O) groups excluding carboxylic acids is 2. The summed E-state index contributed by atoms with van der Waals surface area (Å²) in [7, 11) is 3.27. The highest BCUT2D eigenvalue weighted by Crippen LogP contribution is 2.32. The predicted octanol–water partition coefficient (Wildman–Crippen LogP) is 3.89. The van der Waals surface area contributed by atoms with Gasteiger partial charge in [-0.1, -0.05) is 18.2 Å². The molecule has 2 aromatic carbocycles. The molecule has 180 valence electrons. The van der Waals surface area contributed by atoms with Gasteiger partial charge in [0, 0.05) is 14.1 Å². The molecule has 0 spiro atoms. The van der Waals surface area contributed by atoms with Crippen molar-refractivity contribution in [2.75, 3.05) is 20.7 Å². The summed E-state index contributed by atoms with van der Waals surface area (Å²) in [6, 6.07) is 10.8. The van der Waals surface area contributed by atoms with E-state index in [2.05, 4.69) is 9.73 Å². The van der Waals surface area contributed by atoms with Crippen LogP contribution in [0.25, 0.3) is 6.08 Å². The fourth-order valence-electron chi connectivity index (χ4n) is 3.11. The number of carbonyl (C=O) groups is 2. The van der Waals surface area contributed by atoms with Crippen molar-refractivity contribution < 1.29 is 37.3 Å². The predicted molar refractivity (Wildman–Crippen MR) is 120 cm³/mol. The lowest BCUT2D eigenvalue weighted by Gasteiger charge is -2.20. The molecule has 10 heteroatoms. The Morgan fingerprint density at radius 3 is 2.53 bits per heavy atom. The van der Waals surface area contributed by atoms with Gasteiger partial charge in [0.15, 0.2) is 23.3 Å². The number of cyclic esters (lactones) is 1. The number of hydrogen-bond donors (Lipinski definition) is 0. The summed E-state index contributed by atoms with van der Waals surface area (Å²) in [6.07, 6.45) is 0.734. The van der Waals surface area contributed by atoms with Crippen LogP contribution in [0.2, 0.25) is 0 Å². The Balaban J connectivity index is 1.89. The molecule has 3 rings (SSSR count). The number of nitrogens with zero attached hydrogens (tertiary/aromatic N) is 2. The third-order valence-electron chi connectivity index (χ3n) is 4.62. The number of para-hydroxylation sites is 1. The number of ether oxygens (including phenoxy) is 4. The van der Waals surface area contributed by atoms with E-state index in [0.29, 0.717) is 23.7 Å². The van der Waals surface area contributed by atoms with Crippen LogP contribution >= 0.6 is 0 Å². The zero-order valence-electron chi connectivity index (χ0n) is 19.1. The minimum absolute atomic E-state index is 0.0332. The number of esters is 1. The van der Waals surface area contributed by atoms with Gasteiger partial charge in [-0.05, 0) is 49.8 Å². The Kier molecular flexibility index (Phi) is 7.83. The molecule has 1 unspecified atom stereocenters. The zero-order valence-corrected chi connectivity index (χ0v) is 19.1. The summed E-state index contributed by atoms with van der Waals surface area (Å²) < 4.78 is 46.5. The Bertz CT molecular complexity index is 1130. The molecule has 0 N–H and O–H groups in total. The molecule has 0 saturated carbocycles. The van der Waals surface area contributed by atoms with Crippen LogP contribution in [0.3, 0.4) is 0 Å². The van der Waals surface area contributed by atoms with Gasteiger partial charge in [0.25, 0.3) is 5.91 Å². The van der Waals surface area contributed by atoms with E-state index in [4.69, 9.17) is 14.2 Å². The zero-order chi connectivity index (χ0) is 24.8. The molecule has 1 aliphatic heterocycles. The molecule has 8 nitrogen and oxygen atoms in total. The molecular formula is C24H24F2N2O6. The number of hydrogen-bond acceptors (Lipinski definition) is 7. The van der Waals surface area contributed by atoms with Crippen LogP contribution < -0.4 is 14.2 Å². The van der Waals surface area contributed by atoms with Crippen molar-refractivity contribution in [3.63, 3.8) is 0 Å². The molecule has 1 aliphatic rings. The highest BCUT2D eigenvalue weighted by molar-refractivity contribution is 6.13. The van der Waals surface area contributed by atoms with E-state index < -0.39 is 18.7 Å². The number of benzene rings is 2. The van der Waals surface area contributed by atoms with Gasteiger partial charge in [0.05, 0.1) is 12.2 Å². The molecule has 0 aromatic heterocycles. The fraction of sp³-hybridized carbons (Fsp3) is 0.292. The Morgan fingerprint density at radius 2 is 1.85 bits per heavy atom. The molecule has 0 aliphatic carbocycles. The Morgan fingerprint density at radius 1 is 1.12 bits per heavy atom. The summed E-state index contributed by atoms with van der Waals surface area (Å²) in [4.78, 5) is 30.1. The highest BCUT2D eigenvalue weighted by atomic mass is 19.3. The molecule has 0 fully saturated rings. The van der Waals surface area contributed by atoms with E-state index in [1.807, 2.05) is 0 Å². The molecule has 2 aromatic rings. The molecule has 0 saturated heterocycles. The van der Waals surface area contributed by atoms with E-state index in [-0.39, 0.29) is 28.8 Å². The van der Waals surface area contributed by atoms with E-state index in [0.717, 1.165) is 0 Å². The number of amides is 1. The topological polar surface area (TPSA) is 86.7 Å². The summed E-state index contributed by atoms with van der Waals surface area (Å²) in [5.41, 5.74) is 0.642. The van der Waals surface area contributed by atoms with Crippen LogP contribution in [0.15, 0.2) is 53.2 Å². The number of halogens is 2. The van der Waals surface area contributed by atoms with Crippen LogP contribution in [0.4, 0.5) is 8.78 Å². The van der Waals surface area contributed by atoms with Gasteiger partial charge in [-0.3, -0.25) is 4.79 Å². The smallest absolute Gasteiger partial charge is 0.387 e. The summed E-state index contributed by atoms with van der Waals surface area (Å²) in [5.74, 6) is -0.518. The SMILES string of the molecule is CCOc1cc(/C=C2/N=C(c3ccccc3OC(F)F)OC2=O)ccc1OC(C)C(=O)N(C)C. The summed E-state index contributed by atoms with van der Waals surface area (Å²) in [5, 5.41) is 0. The standard InChI is InChI=1S/C24H24F2N2O6/c1-5-31-20-13-15(10-11-19(20)32-14(2)22(29)28(3)4)12-17-23(30)34-21(27-17)16-8-6-7-9-18(16)33-24(25)26/h6-14,24H,5H2,1-4H3/b17-12+. The minimum Gasteiger partial charge on any atom is -0.490 e. The lowest BCUT2D eigenvalue weighted by Crippen LogP contribution is -2.35. The lowest BCUT2D eigenvalue weighted by atomic mass is 10.1. The Labute approximate surface area is 195 Å². The quantitative estimate of drug-likeness (QED) is 0.405.